The van der Waals surface area contributed by atoms with Crippen LogP contribution in [0.25, 0.3) is 0 Å². The molecule has 3 N–H and O–H groups in total. The Balaban J connectivity index is 2.90. The van der Waals surface area contributed by atoms with Crippen LogP contribution in [0.1, 0.15) is 28.4 Å². The highest BCUT2D eigenvalue weighted by atomic mass is 19.3. The summed E-state index contributed by atoms with van der Waals surface area (Å²) in [5.74, 6) is -2.11. The van der Waals surface area contributed by atoms with E-state index in [1.807, 2.05) is 0 Å². The number of halogens is 2. The van der Waals surface area contributed by atoms with Gasteiger partial charge in [-0.3, -0.25) is 4.79 Å². The molecule has 22 heavy (non-hydrogen) atoms. The van der Waals surface area contributed by atoms with Crippen LogP contribution in [0.5, 0.6) is 5.75 Å². The molecule has 0 aliphatic heterocycles. The SMILES string of the molecule is Cc1cc(C(=O)NCC(C)(O)C(=O)O)cc(C)c1OC(F)F. The van der Waals surface area contributed by atoms with Crippen molar-refractivity contribution >= 4 is 11.9 Å². The van der Waals surface area contributed by atoms with Gasteiger partial charge in [-0.2, -0.15) is 8.78 Å². The van der Waals surface area contributed by atoms with E-state index in [1.165, 1.54) is 26.0 Å². The van der Waals surface area contributed by atoms with Crippen LogP contribution in [-0.4, -0.2) is 40.8 Å². The van der Waals surface area contributed by atoms with E-state index in [0.717, 1.165) is 6.92 Å². The lowest BCUT2D eigenvalue weighted by Gasteiger charge is -2.19. The molecule has 1 amide bonds. The first-order valence-corrected chi connectivity index (χ1v) is 6.34. The zero-order chi connectivity index (χ0) is 17.1. The molecular formula is C14H17F2NO5. The number of hydrogen-bond donors (Lipinski definition) is 3. The number of benzene rings is 1. The highest BCUT2D eigenvalue weighted by Gasteiger charge is 2.30. The summed E-state index contributed by atoms with van der Waals surface area (Å²) >= 11 is 0. The minimum atomic E-state index is -2.97. The number of aliphatic carboxylic acids is 1. The number of carboxylic acids is 1. The van der Waals surface area contributed by atoms with E-state index in [0.29, 0.717) is 11.1 Å². The molecule has 0 spiro atoms. The summed E-state index contributed by atoms with van der Waals surface area (Å²) in [6, 6.07) is 2.69. The van der Waals surface area contributed by atoms with Crippen LogP contribution in [0.2, 0.25) is 0 Å². The van der Waals surface area contributed by atoms with Crippen LogP contribution in [-0.2, 0) is 4.79 Å². The average molecular weight is 317 g/mol. The zero-order valence-electron chi connectivity index (χ0n) is 12.3. The van der Waals surface area contributed by atoms with Crippen LogP contribution in [0.3, 0.4) is 0 Å². The second kappa shape index (κ2) is 6.69. The fraction of sp³-hybridized carbons (Fsp3) is 0.429. The summed E-state index contributed by atoms with van der Waals surface area (Å²) in [7, 11) is 0. The maximum Gasteiger partial charge on any atom is 0.387 e. The molecule has 1 rings (SSSR count). The predicted molar refractivity (Wildman–Crippen MR) is 73.1 cm³/mol. The zero-order valence-corrected chi connectivity index (χ0v) is 12.3. The molecule has 0 aliphatic carbocycles. The predicted octanol–water partition coefficient (Wildman–Crippen LogP) is 1.47. The van der Waals surface area contributed by atoms with E-state index in [1.54, 1.807) is 0 Å². The normalized spacial score (nSPS) is 13.6. The molecule has 0 saturated carbocycles. The number of carbonyl (C=O) groups is 2. The number of alkyl halides is 2. The number of aryl methyl sites for hydroxylation is 2. The Hall–Kier alpha value is -2.22. The lowest BCUT2D eigenvalue weighted by Crippen LogP contribution is -2.46. The van der Waals surface area contributed by atoms with Crippen molar-refractivity contribution in [2.75, 3.05) is 6.54 Å². The molecule has 0 saturated heterocycles. The van der Waals surface area contributed by atoms with Crippen molar-refractivity contribution in [1.82, 2.24) is 5.32 Å². The minimum Gasteiger partial charge on any atom is -0.479 e. The van der Waals surface area contributed by atoms with E-state index >= 15 is 0 Å². The molecule has 1 atom stereocenters. The van der Waals surface area contributed by atoms with Gasteiger partial charge in [-0.1, -0.05) is 0 Å². The Labute approximate surface area is 125 Å². The lowest BCUT2D eigenvalue weighted by atomic mass is 10.0. The first kappa shape index (κ1) is 17.8. The Morgan fingerprint density at radius 2 is 1.82 bits per heavy atom. The van der Waals surface area contributed by atoms with Gasteiger partial charge in [0.1, 0.15) is 5.75 Å². The molecule has 0 radical (unpaired) electrons. The maximum atomic E-state index is 12.3. The first-order chi connectivity index (χ1) is 10.0. The first-order valence-electron chi connectivity index (χ1n) is 6.34. The highest BCUT2D eigenvalue weighted by Crippen LogP contribution is 2.26. The van der Waals surface area contributed by atoms with Gasteiger partial charge in [-0.25, -0.2) is 4.79 Å². The van der Waals surface area contributed by atoms with Crippen molar-refractivity contribution in [3.8, 4) is 5.75 Å². The number of carboxylic acid groups (broad SMARTS) is 1. The molecule has 6 nitrogen and oxygen atoms in total. The summed E-state index contributed by atoms with van der Waals surface area (Å²) in [4.78, 5) is 22.7. The van der Waals surface area contributed by atoms with Crippen LogP contribution in [0.4, 0.5) is 8.78 Å². The minimum absolute atomic E-state index is 0.0101. The average Bonchev–Trinajstić information content (AvgIpc) is 2.39. The van der Waals surface area contributed by atoms with Crippen molar-refractivity contribution in [2.45, 2.75) is 33.0 Å². The molecule has 0 heterocycles. The third-order valence-corrected chi connectivity index (χ3v) is 2.98. The Bertz CT molecular complexity index is 564. The topological polar surface area (TPSA) is 95.9 Å². The van der Waals surface area contributed by atoms with Crippen molar-refractivity contribution in [1.29, 1.82) is 0 Å². The highest BCUT2D eigenvalue weighted by molar-refractivity contribution is 5.95. The van der Waals surface area contributed by atoms with Crippen molar-refractivity contribution < 1.29 is 33.3 Å². The molecule has 0 bridgehead atoms. The second-order valence-electron chi connectivity index (χ2n) is 5.08. The van der Waals surface area contributed by atoms with Gasteiger partial charge in [0.25, 0.3) is 5.91 Å². The van der Waals surface area contributed by atoms with Crippen molar-refractivity contribution in [2.24, 2.45) is 0 Å². The standard InChI is InChI=1S/C14H17F2NO5/c1-7-4-9(5-8(2)10(7)22-13(15)16)11(18)17-6-14(3,21)12(19)20/h4-5,13,21H,6H2,1-3H3,(H,17,18)(H,19,20). The summed E-state index contributed by atoms with van der Waals surface area (Å²) in [5.41, 5.74) is -1.26. The van der Waals surface area contributed by atoms with Gasteiger partial charge in [0.15, 0.2) is 5.60 Å². The molecule has 1 aromatic rings. The Morgan fingerprint density at radius 1 is 1.32 bits per heavy atom. The third-order valence-electron chi connectivity index (χ3n) is 2.98. The van der Waals surface area contributed by atoms with E-state index in [-0.39, 0.29) is 11.3 Å². The largest absolute Gasteiger partial charge is 0.479 e. The molecule has 122 valence electrons. The molecule has 8 heteroatoms. The van der Waals surface area contributed by atoms with E-state index in [2.05, 4.69) is 10.1 Å². The number of ether oxygens (including phenoxy) is 1. The Morgan fingerprint density at radius 3 is 2.23 bits per heavy atom. The molecule has 1 aromatic carbocycles. The van der Waals surface area contributed by atoms with E-state index < -0.39 is 30.6 Å². The fourth-order valence-electron chi connectivity index (χ4n) is 1.79. The number of amides is 1. The number of nitrogens with one attached hydrogen (secondary N) is 1. The van der Waals surface area contributed by atoms with Gasteiger partial charge in [0, 0.05) is 5.56 Å². The van der Waals surface area contributed by atoms with E-state index in [9.17, 15) is 23.5 Å². The number of hydrogen-bond acceptors (Lipinski definition) is 4. The lowest BCUT2D eigenvalue weighted by molar-refractivity contribution is -0.155. The van der Waals surface area contributed by atoms with Crippen molar-refractivity contribution in [3.05, 3.63) is 28.8 Å². The van der Waals surface area contributed by atoms with Crippen LogP contribution in [0, 0.1) is 13.8 Å². The Kier molecular flexibility index (Phi) is 5.43. The van der Waals surface area contributed by atoms with Gasteiger partial charge >= 0.3 is 12.6 Å². The molecule has 1 unspecified atom stereocenters. The molecule has 0 aromatic heterocycles. The maximum absolute atomic E-state index is 12.3. The number of carbonyl (C=O) groups excluding carboxylic acids is 1. The monoisotopic (exact) mass is 317 g/mol. The summed E-state index contributed by atoms with van der Waals surface area (Å²) < 4.78 is 28.9. The van der Waals surface area contributed by atoms with Gasteiger partial charge in [-0.15, -0.1) is 0 Å². The summed E-state index contributed by atoms with van der Waals surface area (Å²) in [6.07, 6.45) is 0. The van der Waals surface area contributed by atoms with Crippen LogP contribution >= 0.6 is 0 Å². The van der Waals surface area contributed by atoms with E-state index in [4.69, 9.17) is 5.11 Å². The summed E-state index contributed by atoms with van der Waals surface area (Å²) in [5, 5.41) is 20.5. The molecular weight excluding hydrogens is 300 g/mol. The van der Waals surface area contributed by atoms with Gasteiger partial charge in [0.2, 0.25) is 0 Å². The second-order valence-corrected chi connectivity index (χ2v) is 5.08. The van der Waals surface area contributed by atoms with Crippen molar-refractivity contribution in [3.63, 3.8) is 0 Å². The fourth-order valence-corrected chi connectivity index (χ4v) is 1.79. The van der Waals surface area contributed by atoms with Gasteiger partial charge in [0.05, 0.1) is 6.54 Å². The van der Waals surface area contributed by atoms with Gasteiger partial charge in [-0.05, 0) is 44.0 Å². The summed E-state index contributed by atoms with van der Waals surface area (Å²) in [6.45, 7) is 0.604. The number of rotatable bonds is 6. The number of aliphatic hydroxyl groups is 1. The quantitative estimate of drug-likeness (QED) is 0.738. The molecule has 0 aliphatic rings. The van der Waals surface area contributed by atoms with Gasteiger partial charge < -0.3 is 20.3 Å². The molecule has 0 fully saturated rings. The van der Waals surface area contributed by atoms with Crippen LogP contribution < -0.4 is 10.1 Å². The third kappa shape index (κ3) is 4.39. The smallest absolute Gasteiger partial charge is 0.387 e. The van der Waals surface area contributed by atoms with Crippen LogP contribution in [0.15, 0.2) is 12.1 Å².